The number of nitrogens with one attached hydrogen (secondary N) is 1. The van der Waals surface area contributed by atoms with Gasteiger partial charge in [-0.3, -0.25) is 9.78 Å². The summed E-state index contributed by atoms with van der Waals surface area (Å²) < 4.78 is 2.21. The molecule has 4 rings (SSSR count). The lowest BCUT2D eigenvalue weighted by atomic mass is 10.1. The molecule has 2 aromatic heterocycles. The lowest BCUT2D eigenvalue weighted by Crippen LogP contribution is -2.24. The van der Waals surface area contributed by atoms with Crippen molar-refractivity contribution in [1.82, 2.24) is 19.9 Å². The highest BCUT2D eigenvalue weighted by Crippen LogP contribution is 2.17. The van der Waals surface area contributed by atoms with Crippen molar-refractivity contribution in [3.05, 3.63) is 96.1 Å². The Kier molecular flexibility index (Phi) is 5.43. The van der Waals surface area contributed by atoms with Crippen molar-refractivity contribution in [2.24, 2.45) is 0 Å². The van der Waals surface area contributed by atoms with Crippen molar-refractivity contribution in [2.45, 2.75) is 25.9 Å². The number of amides is 1. The Morgan fingerprint density at radius 2 is 1.68 bits per heavy atom. The molecule has 5 heteroatoms. The minimum Gasteiger partial charge on any atom is -0.345 e. The molecule has 1 N–H and O–H groups in total. The first-order chi connectivity index (χ1) is 13.8. The Hall–Kier alpha value is -3.47. The van der Waals surface area contributed by atoms with Gasteiger partial charge in [0.1, 0.15) is 5.82 Å². The summed E-state index contributed by atoms with van der Waals surface area (Å²) in [4.78, 5) is 21.1. The van der Waals surface area contributed by atoms with Crippen LogP contribution in [-0.4, -0.2) is 20.4 Å². The first-order valence-electron chi connectivity index (χ1n) is 9.47. The molecule has 0 aliphatic rings. The van der Waals surface area contributed by atoms with Crippen molar-refractivity contribution in [3.8, 4) is 0 Å². The van der Waals surface area contributed by atoms with E-state index in [0.717, 1.165) is 36.2 Å². The Morgan fingerprint density at radius 3 is 2.50 bits per heavy atom. The SMILES string of the molecule is O=C(NCc1nc2ccccc2n1CCCc1ccccc1)c1ccncc1. The highest BCUT2D eigenvalue weighted by Gasteiger charge is 2.12. The number of carbonyl (C=O) groups is 1. The standard InChI is InChI=1S/C23H22N4O/c28-23(19-12-14-24-15-13-19)25-17-22-26-20-10-4-5-11-21(20)27(22)16-6-9-18-7-2-1-3-8-18/h1-5,7-8,10-15H,6,9,16-17H2,(H,25,28). The topological polar surface area (TPSA) is 59.8 Å². The van der Waals surface area contributed by atoms with E-state index in [1.54, 1.807) is 24.5 Å². The zero-order valence-electron chi connectivity index (χ0n) is 15.6. The molecule has 0 spiro atoms. The van der Waals surface area contributed by atoms with Gasteiger partial charge in [-0.15, -0.1) is 0 Å². The number of imidazole rings is 1. The minimum absolute atomic E-state index is 0.120. The molecule has 0 aliphatic carbocycles. The number of aromatic nitrogens is 3. The van der Waals surface area contributed by atoms with E-state index in [2.05, 4.69) is 45.2 Å². The van der Waals surface area contributed by atoms with Crippen LogP contribution in [0.4, 0.5) is 0 Å². The Bertz CT molecular complexity index is 1060. The number of pyridine rings is 1. The molecule has 5 nitrogen and oxygen atoms in total. The number of carbonyl (C=O) groups excluding carboxylic acids is 1. The molecule has 0 saturated carbocycles. The van der Waals surface area contributed by atoms with Crippen molar-refractivity contribution in [1.29, 1.82) is 0 Å². The Morgan fingerprint density at radius 1 is 0.929 bits per heavy atom. The number of fused-ring (bicyclic) bond motifs is 1. The lowest BCUT2D eigenvalue weighted by Gasteiger charge is -2.10. The first-order valence-corrected chi connectivity index (χ1v) is 9.47. The second-order valence-corrected chi connectivity index (χ2v) is 6.68. The van der Waals surface area contributed by atoms with Gasteiger partial charge in [0, 0.05) is 24.5 Å². The van der Waals surface area contributed by atoms with Crippen molar-refractivity contribution in [2.75, 3.05) is 0 Å². The third-order valence-electron chi connectivity index (χ3n) is 4.77. The zero-order valence-corrected chi connectivity index (χ0v) is 15.6. The predicted octanol–water partition coefficient (Wildman–Crippen LogP) is 3.99. The number of nitrogens with zero attached hydrogens (tertiary/aromatic N) is 3. The number of hydrogen-bond acceptors (Lipinski definition) is 3. The smallest absolute Gasteiger partial charge is 0.251 e. The van der Waals surface area contributed by atoms with Gasteiger partial charge in [-0.05, 0) is 42.7 Å². The fourth-order valence-corrected chi connectivity index (χ4v) is 3.36. The number of para-hydroxylation sites is 2. The van der Waals surface area contributed by atoms with Crippen LogP contribution in [-0.2, 0) is 19.5 Å². The third kappa shape index (κ3) is 4.09. The van der Waals surface area contributed by atoms with Crippen LogP contribution in [0.1, 0.15) is 28.2 Å². The van der Waals surface area contributed by atoms with Crippen LogP contribution in [0.3, 0.4) is 0 Å². The normalized spacial score (nSPS) is 10.9. The summed E-state index contributed by atoms with van der Waals surface area (Å²) in [6.07, 6.45) is 5.26. The average molecular weight is 370 g/mol. The number of hydrogen-bond donors (Lipinski definition) is 1. The minimum atomic E-state index is -0.120. The molecular formula is C23H22N4O. The molecule has 0 saturated heterocycles. The summed E-state index contributed by atoms with van der Waals surface area (Å²) in [5.41, 5.74) is 3.99. The molecule has 2 heterocycles. The van der Waals surface area contributed by atoms with Crippen LogP contribution in [0.5, 0.6) is 0 Å². The van der Waals surface area contributed by atoms with Gasteiger partial charge in [0.2, 0.25) is 0 Å². The van der Waals surface area contributed by atoms with Crippen LogP contribution in [0, 0.1) is 0 Å². The highest BCUT2D eigenvalue weighted by atomic mass is 16.1. The Balaban J connectivity index is 1.49. The fourth-order valence-electron chi connectivity index (χ4n) is 3.36. The Labute approximate surface area is 164 Å². The van der Waals surface area contributed by atoms with Gasteiger partial charge in [0.25, 0.3) is 5.91 Å². The van der Waals surface area contributed by atoms with Gasteiger partial charge in [-0.25, -0.2) is 4.98 Å². The highest BCUT2D eigenvalue weighted by molar-refractivity contribution is 5.93. The zero-order chi connectivity index (χ0) is 19.2. The van der Waals surface area contributed by atoms with Gasteiger partial charge < -0.3 is 9.88 Å². The van der Waals surface area contributed by atoms with E-state index in [1.165, 1.54) is 5.56 Å². The average Bonchev–Trinajstić information content (AvgIpc) is 3.11. The molecule has 28 heavy (non-hydrogen) atoms. The third-order valence-corrected chi connectivity index (χ3v) is 4.77. The quantitative estimate of drug-likeness (QED) is 0.535. The molecule has 0 radical (unpaired) electrons. The maximum atomic E-state index is 12.4. The van der Waals surface area contributed by atoms with E-state index in [9.17, 15) is 4.79 Å². The predicted molar refractivity (Wildman–Crippen MR) is 110 cm³/mol. The summed E-state index contributed by atoms with van der Waals surface area (Å²) in [7, 11) is 0. The summed E-state index contributed by atoms with van der Waals surface area (Å²) in [6, 6.07) is 22.0. The second kappa shape index (κ2) is 8.48. The summed E-state index contributed by atoms with van der Waals surface area (Å²) in [5.74, 6) is 0.752. The van der Waals surface area contributed by atoms with Crippen molar-refractivity contribution < 1.29 is 4.79 Å². The number of rotatable bonds is 7. The summed E-state index contributed by atoms with van der Waals surface area (Å²) >= 11 is 0. The van der Waals surface area contributed by atoms with Gasteiger partial charge in [-0.2, -0.15) is 0 Å². The van der Waals surface area contributed by atoms with Crippen molar-refractivity contribution in [3.63, 3.8) is 0 Å². The monoisotopic (exact) mass is 370 g/mol. The summed E-state index contributed by atoms with van der Waals surface area (Å²) in [5, 5.41) is 2.97. The number of benzene rings is 2. The second-order valence-electron chi connectivity index (χ2n) is 6.68. The van der Waals surface area contributed by atoms with Gasteiger partial charge in [0.15, 0.2) is 0 Å². The van der Waals surface area contributed by atoms with E-state index < -0.39 is 0 Å². The van der Waals surface area contributed by atoms with Crippen LogP contribution in [0.2, 0.25) is 0 Å². The molecule has 4 aromatic rings. The van der Waals surface area contributed by atoms with E-state index in [-0.39, 0.29) is 5.91 Å². The van der Waals surface area contributed by atoms with Crippen molar-refractivity contribution >= 4 is 16.9 Å². The number of aryl methyl sites for hydroxylation is 2. The van der Waals surface area contributed by atoms with Gasteiger partial charge in [0.05, 0.1) is 17.6 Å². The van der Waals surface area contributed by atoms with E-state index >= 15 is 0 Å². The molecule has 0 bridgehead atoms. The summed E-state index contributed by atoms with van der Waals surface area (Å²) in [6.45, 7) is 1.25. The van der Waals surface area contributed by atoms with E-state index in [4.69, 9.17) is 4.98 Å². The maximum Gasteiger partial charge on any atom is 0.251 e. The molecule has 140 valence electrons. The lowest BCUT2D eigenvalue weighted by molar-refractivity contribution is 0.0949. The van der Waals surface area contributed by atoms with Crippen LogP contribution in [0.15, 0.2) is 79.1 Å². The molecule has 0 fully saturated rings. The fraction of sp³-hybridized carbons (Fsp3) is 0.174. The molecule has 0 unspecified atom stereocenters. The molecular weight excluding hydrogens is 348 g/mol. The molecule has 1 amide bonds. The van der Waals surface area contributed by atoms with Gasteiger partial charge >= 0.3 is 0 Å². The van der Waals surface area contributed by atoms with Crippen LogP contribution >= 0.6 is 0 Å². The maximum absolute atomic E-state index is 12.4. The largest absolute Gasteiger partial charge is 0.345 e. The van der Waals surface area contributed by atoms with Crippen LogP contribution in [0.25, 0.3) is 11.0 Å². The molecule has 0 aliphatic heterocycles. The first kappa shape index (κ1) is 17.9. The van der Waals surface area contributed by atoms with E-state index in [0.29, 0.717) is 12.1 Å². The molecule has 2 aromatic carbocycles. The van der Waals surface area contributed by atoms with E-state index in [1.807, 2.05) is 24.3 Å². The van der Waals surface area contributed by atoms with Crippen LogP contribution < -0.4 is 5.32 Å². The molecule has 0 atom stereocenters. The van der Waals surface area contributed by atoms with Gasteiger partial charge in [-0.1, -0.05) is 42.5 Å².